The largest absolute Gasteiger partial charge is 0.384 e. The van der Waals surface area contributed by atoms with Crippen LogP contribution < -0.4 is 0 Å². The third-order valence-electron chi connectivity index (χ3n) is 2.39. The van der Waals surface area contributed by atoms with Crippen LogP contribution in [0.5, 0.6) is 0 Å². The van der Waals surface area contributed by atoms with Gasteiger partial charge in [0.1, 0.15) is 11.9 Å². The van der Waals surface area contributed by atoms with Gasteiger partial charge in [0.15, 0.2) is 0 Å². The average Bonchev–Trinajstić information content (AvgIpc) is 2.30. The monoisotopic (exact) mass is 280 g/mol. The van der Waals surface area contributed by atoms with Crippen LogP contribution in [0.3, 0.4) is 0 Å². The SMILES string of the molecule is O[C@@H](c1ccc(F)cc1)c1ccccc1Br. The minimum atomic E-state index is -0.740. The number of halogens is 2. The fraction of sp³-hybridized carbons (Fsp3) is 0.0769. The number of benzene rings is 2. The van der Waals surface area contributed by atoms with Crippen molar-refractivity contribution in [2.75, 3.05) is 0 Å². The summed E-state index contributed by atoms with van der Waals surface area (Å²) in [4.78, 5) is 0. The van der Waals surface area contributed by atoms with E-state index in [1.54, 1.807) is 12.1 Å². The standard InChI is InChI=1S/C13H10BrFO/c14-12-4-2-1-3-11(12)13(16)9-5-7-10(15)8-6-9/h1-8,13,16H/t13-/m0/s1. The Morgan fingerprint density at radius 2 is 1.62 bits per heavy atom. The maximum atomic E-state index is 12.7. The number of aliphatic hydroxyl groups excluding tert-OH is 1. The maximum Gasteiger partial charge on any atom is 0.123 e. The third-order valence-corrected chi connectivity index (χ3v) is 3.11. The Balaban J connectivity index is 2.35. The lowest BCUT2D eigenvalue weighted by Crippen LogP contribution is -2.00. The first kappa shape index (κ1) is 11.3. The van der Waals surface area contributed by atoms with Crippen molar-refractivity contribution in [3.8, 4) is 0 Å². The maximum absolute atomic E-state index is 12.7. The molecule has 0 fully saturated rings. The molecular weight excluding hydrogens is 271 g/mol. The van der Waals surface area contributed by atoms with Crippen molar-refractivity contribution in [1.82, 2.24) is 0 Å². The molecule has 1 atom stereocenters. The van der Waals surface area contributed by atoms with Gasteiger partial charge in [-0.1, -0.05) is 46.3 Å². The first-order chi connectivity index (χ1) is 7.68. The van der Waals surface area contributed by atoms with Gasteiger partial charge in [-0.2, -0.15) is 0 Å². The summed E-state index contributed by atoms with van der Waals surface area (Å²) in [5.41, 5.74) is 1.45. The summed E-state index contributed by atoms with van der Waals surface area (Å²) in [6.07, 6.45) is -0.740. The zero-order valence-electron chi connectivity index (χ0n) is 8.40. The highest BCUT2D eigenvalue weighted by molar-refractivity contribution is 9.10. The molecule has 0 amide bonds. The smallest absolute Gasteiger partial charge is 0.123 e. The van der Waals surface area contributed by atoms with Crippen molar-refractivity contribution in [3.63, 3.8) is 0 Å². The van der Waals surface area contributed by atoms with Crippen LogP contribution in [-0.2, 0) is 0 Å². The highest BCUT2D eigenvalue weighted by Crippen LogP contribution is 2.28. The highest BCUT2D eigenvalue weighted by atomic mass is 79.9. The second-order valence-electron chi connectivity index (χ2n) is 3.48. The summed E-state index contributed by atoms with van der Waals surface area (Å²) in [5, 5.41) is 10.1. The Labute approximate surface area is 102 Å². The summed E-state index contributed by atoms with van der Waals surface area (Å²) in [5.74, 6) is -0.303. The van der Waals surface area contributed by atoms with E-state index in [0.29, 0.717) is 5.56 Å². The molecule has 2 rings (SSSR count). The summed E-state index contributed by atoms with van der Waals surface area (Å²) in [6.45, 7) is 0. The van der Waals surface area contributed by atoms with E-state index in [2.05, 4.69) is 15.9 Å². The van der Waals surface area contributed by atoms with Crippen LogP contribution in [0.4, 0.5) is 4.39 Å². The zero-order valence-corrected chi connectivity index (χ0v) is 9.99. The summed E-state index contributed by atoms with van der Waals surface area (Å²) >= 11 is 3.37. The molecule has 0 bridgehead atoms. The molecule has 0 aliphatic rings. The van der Waals surface area contributed by atoms with Gasteiger partial charge in [0.25, 0.3) is 0 Å². The van der Waals surface area contributed by atoms with Gasteiger partial charge in [-0.05, 0) is 29.3 Å². The number of aliphatic hydroxyl groups is 1. The fourth-order valence-corrected chi connectivity index (χ4v) is 2.02. The van der Waals surface area contributed by atoms with E-state index in [1.807, 2.05) is 24.3 Å². The average molecular weight is 281 g/mol. The molecule has 0 heterocycles. The van der Waals surface area contributed by atoms with Gasteiger partial charge >= 0.3 is 0 Å². The van der Waals surface area contributed by atoms with Crippen LogP contribution in [0, 0.1) is 5.82 Å². The second kappa shape index (κ2) is 4.76. The van der Waals surface area contributed by atoms with Gasteiger partial charge in [0.2, 0.25) is 0 Å². The highest BCUT2D eigenvalue weighted by Gasteiger charge is 2.12. The molecule has 0 unspecified atom stereocenters. The molecule has 0 saturated heterocycles. The first-order valence-electron chi connectivity index (χ1n) is 4.86. The lowest BCUT2D eigenvalue weighted by Gasteiger charge is -2.12. The van der Waals surface area contributed by atoms with E-state index in [-0.39, 0.29) is 5.82 Å². The number of rotatable bonds is 2. The topological polar surface area (TPSA) is 20.2 Å². The molecule has 0 saturated carbocycles. The van der Waals surface area contributed by atoms with Crippen LogP contribution in [-0.4, -0.2) is 5.11 Å². The number of hydrogen-bond acceptors (Lipinski definition) is 1. The molecule has 1 nitrogen and oxygen atoms in total. The molecule has 2 aromatic carbocycles. The van der Waals surface area contributed by atoms with Crippen LogP contribution in [0.25, 0.3) is 0 Å². The van der Waals surface area contributed by atoms with Crippen LogP contribution in [0.2, 0.25) is 0 Å². The Hall–Kier alpha value is -1.19. The van der Waals surface area contributed by atoms with Crippen molar-refractivity contribution in [1.29, 1.82) is 0 Å². The van der Waals surface area contributed by atoms with Crippen molar-refractivity contribution in [2.45, 2.75) is 6.10 Å². The van der Waals surface area contributed by atoms with E-state index in [1.165, 1.54) is 12.1 Å². The molecule has 0 aliphatic heterocycles. The van der Waals surface area contributed by atoms with Crippen molar-refractivity contribution >= 4 is 15.9 Å². The quantitative estimate of drug-likeness (QED) is 0.890. The Kier molecular flexibility index (Phi) is 3.36. The van der Waals surface area contributed by atoms with Gasteiger partial charge in [-0.25, -0.2) is 4.39 Å². The van der Waals surface area contributed by atoms with E-state index in [0.717, 1.165) is 10.0 Å². The zero-order chi connectivity index (χ0) is 11.5. The number of hydrogen-bond donors (Lipinski definition) is 1. The summed E-state index contributed by atoms with van der Waals surface area (Å²) in [7, 11) is 0. The fourth-order valence-electron chi connectivity index (χ4n) is 1.52. The van der Waals surface area contributed by atoms with Gasteiger partial charge in [0.05, 0.1) is 0 Å². The van der Waals surface area contributed by atoms with E-state index < -0.39 is 6.10 Å². The second-order valence-corrected chi connectivity index (χ2v) is 4.33. The van der Waals surface area contributed by atoms with Crippen LogP contribution in [0.15, 0.2) is 53.0 Å². The predicted octanol–water partition coefficient (Wildman–Crippen LogP) is 3.67. The molecule has 3 heteroatoms. The Morgan fingerprint density at radius 1 is 1.00 bits per heavy atom. The molecular formula is C13H10BrFO. The van der Waals surface area contributed by atoms with Crippen LogP contribution in [0.1, 0.15) is 17.2 Å². The van der Waals surface area contributed by atoms with Gasteiger partial charge in [-0.3, -0.25) is 0 Å². The minimum Gasteiger partial charge on any atom is -0.384 e. The first-order valence-corrected chi connectivity index (χ1v) is 5.66. The van der Waals surface area contributed by atoms with E-state index in [9.17, 15) is 9.50 Å². The van der Waals surface area contributed by atoms with Gasteiger partial charge < -0.3 is 5.11 Å². The van der Waals surface area contributed by atoms with Crippen molar-refractivity contribution in [3.05, 3.63) is 69.9 Å². The molecule has 16 heavy (non-hydrogen) atoms. The van der Waals surface area contributed by atoms with Crippen LogP contribution >= 0.6 is 15.9 Å². The Morgan fingerprint density at radius 3 is 2.25 bits per heavy atom. The molecule has 0 spiro atoms. The normalized spacial score (nSPS) is 12.4. The van der Waals surface area contributed by atoms with E-state index >= 15 is 0 Å². The molecule has 1 N–H and O–H groups in total. The molecule has 0 aromatic heterocycles. The van der Waals surface area contributed by atoms with Crippen molar-refractivity contribution < 1.29 is 9.50 Å². The molecule has 0 aliphatic carbocycles. The Bertz CT molecular complexity index is 482. The van der Waals surface area contributed by atoms with Crippen molar-refractivity contribution in [2.24, 2.45) is 0 Å². The predicted molar refractivity (Wildman–Crippen MR) is 64.6 cm³/mol. The van der Waals surface area contributed by atoms with Gasteiger partial charge in [-0.15, -0.1) is 0 Å². The lowest BCUT2D eigenvalue weighted by atomic mass is 10.0. The lowest BCUT2D eigenvalue weighted by molar-refractivity contribution is 0.219. The van der Waals surface area contributed by atoms with E-state index in [4.69, 9.17) is 0 Å². The van der Waals surface area contributed by atoms with Gasteiger partial charge in [0, 0.05) is 4.47 Å². The summed E-state index contributed by atoms with van der Waals surface area (Å²) < 4.78 is 13.6. The molecule has 2 aromatic rings. The third kappa shape index (κ3) is 2.31. The minimum absolute atomic E-state index is 0.303. The summed E-state index contributed by atoms with van der Waals surface area (Å²) in [6, 6.07) is 13.3. The molecule has 0 radical (unpaired) electrons. The molecule has 82 valence electrons.